The molecule has 0 amide bonds. The molecule has 0 bridgehead atoms. The number of nitrogen functional groups attached to an aromatic ring is 1. The Morgan fingerprint density at radius 3 is 2.90 bits per heavy atom. The first kappa shape index (κ1) is 13.5. The van der Waals surface area contributed by atoms with Crippen LogP contribution in [0.4, 0.5) is 5.69 Å². The predicted octanol–water partition coefficient (Wildman–Crippen LogP) is 4.15. The van der Waals surface area contributed by atoms with Gasteiger partial charge in [0.15, 0.2) is 0 Å². The van der Waals surface area contributed by atoms with Crippen molar-refractivity contribution in [1.82, 2.24) is 9.55 Å². The van der Waals surface area contributed by atoms with E-state index in [1.807, 2.05) is 18.3 Å². The van der Waals surface area contributed by atoms with E-state index in [1.54, 1.807) is 18.0 Å². The Bertz CT molecular complexity index is 767. The number of fused-ring (bicyclic) bond motifs is 1. The van der Waals surface area contributed by atoms with Gasteiger partial charge in [-0.05, 0) is 52.0 Å². The van der Waals surface area contributed by atoms with E-state index in [0.717, 1.165) is 27.8 Å². The second kappa shape index (κ2) is 5.50. The lowest BCUT2D eigenvalue weighted by Crippen LogP contribution is -1.99. The maximum Gasteiger partial charge on any atom is 0.0515 e. The van der Waals surface area contributed by atoms with Gasteiger partial charge in [-0.25, -0.2) is 0 Å². The number of benzene rings is 1. The second-order valence-corrected chi connectivity index (χ2v) is 6.37. The molecule has 0 radical (unpaired) electrons. The smallest absolute Gasteiger partial charge is 0.0515 e. The van der Waals surface area contributed by atoms with Crippen LogP contribution >= 0.6 is 27.7 Å². The van der Waals surface area contributed by atoms with Crippen LogP contribution in [-0.4, -0.2) is 15.8 Å². The Morgan fingerprint density at radius 1 is 1.30 bits per heavy atom. The summed E-state index contributed by atoms with van der Waals surface area (Å²) in [7, 11) is 0. The van der Waals surface area contributed by atoms with E-state index in [2.05, 4.69) is 50.1 Å². The molecular weight excluding hydrogens is 334 g/mol. The minimum atomic E-state index is 0.785. The van der Waals surface area contributed by atoms with Gasteiger partial charge >= 0.3 is 0 Å². The minimum Gasteiger partial charge on any atom is -0.399 e. The van der Waals surface area contributed by atoms with Crippen molar-refractivity contribution in [3.8, 4) is 0 Å². The van der Waals surface area contributed by atoms with Gasteiger partial charge < -0.3 is 10.3 Å². The highest BCUT2D eigenvalue weighted by molar-refractivity contribution is 9.10. The Balaban J connectivity index is 2.06. The molecule has 20 heavy (non-hydrogen) atoms. The maximum atomic E-state index is 6.00. The van der Waals surface area contributed by atoms with Gasteiger partial charge in [0, 0.05) is 45.6 Å². The zero-order valence-electron chi connectivity index (χ0n) is 11.0. The van der Waals surface area contributed by atoms with Crippen molar-refractivity contribution in [2.45, 2.75) is 11.4 Å². The first-order chi connectivity index (χ1) is 9.67. The molecule has 0 aliphatic heterocycles. The lowest BCUT2D eigenvalue weighted by molar-refractivity contribution is 0.830. The number of hydrogen-bond donors (Lipinski definition) is 1. The number of halogens is 1. The summed E-state index contributed by atoms with van der Waals surface area (Å²) in [6.07, 6.45) is 7.86. The van der Waals surface area contributed by atoms with Gasteiger partial charge in [-0.3, -0.25) is 4.98 Å². The van der Waals surface area contributed by atoms with E-state index in [-0.39, 0.29) is 0 Å². The molecule has 5 heteroatoms. The van der Waals surface area contributed by atoms with Crippen LogP contribution in [0.3, 0.4) is 0 Å². The van der Waals surface area contributed by atoms with E-state index in [1.165, 1.54) is 10.3 Å². The molecule has 3 rings (SSSR count). The van der Waals surface area contributed by atoms with E-state index in [9.17, 15) is 0 Å². The summed E-state index contributed by atoms with van der Waals surface area (Å²) in [6, 6.07) is 8.28. The molecule has 0 spiro atoms. The molecule has 2 N–H and O–H groups in total. The average Bonchev–Trinajstić information content (AvgIpc) is 2.81. The summed E-state index contributed by atoms with van der Waals surface area (Å²) >= 11 is 5.18. The third-order valence-electron chi connectivity index (χ3n) is 3.21. The van der Waals surface area contributed by atoms with Crippen LogP contribution in [-0.2, 0) is 6.54 Å². The fourth-order valence-corrected chi connectivity index (χ4v) is 3.39. The third-order valence-corrected chi connectivity index (χ3v) is 4.42. The zero-order chi connectivity index (χ0) is 14.1. The monoisotopic (exact) mass is 347 g/mol. The van der Waals surface area contributed by atoms with Crippen LogP contribution in [0.2, 0.25) is 0 Å². The van der Waals surface area contributed by atoms with Crippen LogP contribution < -0.4 is 5.73 Å². The summed E-state index contributed by atoms with van der Waals surface area (Å²) in [5.74, 6) is 0. The van der Waals surface area contributed by atoms with Crippen molar-refractivity contribution >= 4 is 44.3 Å². The number of pyridine rings is 1. The van der Waals surface area contributed by atoms with Gasteiger partial charge in [-0.1, -0.05) is 0 Å². The fraction of sp³-hybridized carbons (Fsp3) is 0.133. The van der Waals surface area contributed by atoms with Gasteiger partial charge in [-0.2, -0.15) is 0 Å². The van der Waals surface area contributed by atoms with Crippen LogP contribution in [0.1, 0.15) is 5.56 Å². The number of aromatic nitrogens is 2. The first-order valence-electron chi connectivity index (χ1n) is 6.19. The van der Waals surface area contributed by atoms with Crippen molar-refractivity contribution in [1.29, 1.82) is 0 Å². The molecule has 0 atom stereocenters. The number of rotatable bonds is 3. The van der Waals surface area contributed by atoms with E-state index >= 15 is 0 Å². The Labute approximate surface area is 130 Å². The topological polar surface area (TPSA) is 43.8 Å². The Hall–Kier alpha value is -1.46. The van der Waals surface area contributed by atoms with E-state index in [4.69, 9.17) is 5.73 Å². The van der Waals surface area contributed by atoms with Crippen molar-refractivity contribution in [3.05, 3.63) is 52.9 Å². The zero-order valence-corrected chi connectivity index (χ0v) is 13.4. The maximum absolute atomic E-state index is 6.00. The lowest BCUT2D eigenvalue weighted by Gasteiger charge is -2.08. The molecule has 3 aromatic rings. The summed E-state index contributed by atoms with van der Waals surface area (Å²) in [4.78, 5) is 5.42. The first-order valence-corrected chi connectivity index (χ1v) is 8.21. The highest BCUT2D eigenvalue weighted by atomic mass is 79.9. The molecular formula is C15H14BrN3S. The highest BCUT2D eigenvalue weighted by Gasteiger charge is 2.07. The molecule has 1 aromatic carbocycles. The lowest BCUT2D eigenvalue weighted by atomic mass is 10.2. The van der Waals surface area contributed by atoms with Crippen molar-refractivity contribution < 1.29 is 0 Å². The average molecular weight is 348 g/mol. The summed E-state index contributed by atoms with van der Waals surface area (Å²) in [5.41, 5.74) is 9.12. The Kier molecular flexibility index (Phi) is 3.72. The van der Waals surface area contributed by atoms with Crippen LogP contribution in [0.15, 0.2) is 52.2 Å². The Morgan fingerprint density at radius 2 is 2.15 bits per heavy atom. The molecule has 2 heterocycles. The quantitative estimate of drug-likeness (QED) is 0.571. The molecule has 0 aliphatic rings. The van der Waals surface area contributed by atoms with Crippen molar-refractivity contribution in [3.63, 3.8) is 0 Å². The molecule has 2 aromatic heterocycles. The molecule has 0 saturated heterocycles. The standard InChI is InChI=1S/C15H14BrN3S/c1-20-15-6-12(17)5-14-13(15)2-3-19(14)9-10-4-11(16)8-18-7-10/h2-8H,9,17H2,1H3. The van der Waals surface area contributed by atoms with Crippen LogP contribution in [0.25, 0.3) is 10.9 Å². The van der Waals surface area contributed by atoms with Crippen molar-refractivity contribution in [2.24, 2.45) is 0 Å². The number of nitrogens with zero attached hydrogens (tertiary/aromatic N) is 2. The minimum absolute atomic E-state index is 0.785. The van der Waals surface area contributed by atoms with E-state index < -0.39 is 0 Å². The van der Waals surface area contributed by atoms with Gasteiger partial charge in [-0.15, -0.1) is 11.8 Å². The van der Waals surface area contributed by atoms with Gasteiger partial charge in [0.2, 0.25) is 0 Å². The molecule has 0 aliphatic carbocycles. The van der Waals surface area contributed by atoms with Crippen LogP contribution in [0.5, 0.6) is 0 Å². The highest BCUT2D eigenvalue weighted by Crippen LogP contribution is 2.30. The number of thioether (sulfide) groups is 1. The van der Waals surface area contributed by atoms with Gasteiger partial charge in [0.1, 0.15) is 0 Å². The molecule has 0 unspecified atom stereocenters. The molecule has 3 nitrogen and oxygen atoms in total. The molecule has 0 fully saturated rings. The fourth-order valence-electron chi connectivity index (χ4n) is 2.33. The largest absolute Gasteiger partial charge is 0.399 e. The van der Waals surface area contributed by atoms with Crippen LogP contribution in [0, 0.1) is 0 Å². The second-order valence-electron chi connectivity index (χ2n) is 4.61. The summed E-state index contributed by atoms with van der Waals surface area (Å²) < 4.78 is 3.20. The molecule has 0 saturated carbocycles. The normalized spacial score (nSPS) is 11.1. The number of hydrogen-bond acceptors (Lipinski definition) is 3. The number of nitrogens with two attached hydrogens (primary N) is 1. The van der Waals surface area contributed by atoms with Gasteiger partial charge in [0.05, 0.1) is 5.52 Å². The summed E-state index contributed by atoms with van der Waals surface area (Å²) in [5, 5.41) is 1.25. The van der Waals surface area contributed by atoms with E-state index in [0.29, 0.717) is 0 Å². The third kappa shape index (κ3) is 2.55. The van der Waals surface area contributed by atoms with Gasteiger partial charge in [0.25, 0.3) is 0 Å². The van der Waals surface area contributed by atoms with Crippen molar-refractivity contribution in [2.75, 3.05) is 12.0 Å². The number of anilines is 1. The molecule has 102 valence electrons. The summed E-state index contributed by atoms with van der Waals surface area (Å²) in [6.45, 7) is 0.785. The SMILES string of the molecule is CSc1cc(N)cc2c1ccn2Cc1cncc(Br)c1. The predicted molar refractivity (Wildman–Crippen MR) is 89.2 cm³/mol.